The predicted octanol–water partition coefficient (Wildman–Crippen LogP) is 4.47. The molecule has 6 heteroatoms. The van der Waals surface area contributed by atoms with Gasteiger partial charge < -0.3 is 14.5 Å². The summed E-state index contributed by atoms with van der Waals surface area (Å²) in [6, 6.07) is 6.36. The Morgan fingerprint density at radius 2 is 1.78 bits per heavy atom. The Morgan fingerprint density at radius 3 is 2.34 bits per heavy atom. The second-order valence-corrected chi connectivity index (χ2v) is 10.7. The van der Waals surface area contributed by atoms with Crippen LogP contribution in [-0.2, 0) is 11.2 Å². The number of likely N-dealkylation sites (tertiary alicyclic amines) is 1. The molecular weight excluding hydrogens is 402 g/mol. The van der Waals surface area contributed by atoms with Gasteiger partial charge in [0.15, 0.2) is 5.78 Å². The highest BCUT2D eigenvalue weighted by Crippen LogP contribution is 2.26. The number of nitrogens with zero attached hydrogens (tertiary/aromatic N) is 3. The van der Waals surface area contributed by atoms with Crippen molar-refractivity contribution < 1.29 is 14.3 Å². The summed E-state index contributed by atoms with van der Waals surface area (Å²) in [4.78, 5) is 31.0. The molecule has 0 spiro atoms. The minimum absolute atomic E-state index is 0.153. The zero-order chi connectivity index (χ0) is 23.5. The lowest BCUT2D eigenvalue weighted by molar-refractivity contribution is -0.00658. The van der Waals surface area contributed by atoms with E-state index in [1.807, 2.05) is 31.7 Å². The van der Waals surface area contributed by atoms with Crippen LogP contribution in [0.2, 0.25) is 0 Å². The van der Waals surface area contributed by atoms with E-state index in [4.69, 9.17) is 4.74 Å². The molecule has 1 atom stereocenters. The van der Waals surface area contributed by atoms with Crippen LogP contribution in [0.3, 0.4) is 0 Å². The lowest BCUT2D eigenvalue weighted by Gasteiger charge is -2.44. The molecule has 2 heterocycles. The Labute approximate surface area is 193 Å². The van der Waals surface area contributed by atoms with E-state index >= 15 is 0 Å². The number of rotatable bonds is 7. The van der Waals surface area contributed by atoms with Crippen LogP contribution in [0.4, 0.5) is 10.5 Å². The average molecular weight is 444 g/mol. The van der Waals surface area contributed by atoms with Gasteiger partial charge in [-0.1, -0.05) is 20.3 Å². The zero-order valence-corrected chi connectivity index (χ0v) is 20.8. The van der Waals surface area contributed by atoms with Crippen LogP contribution in [0.25, 0.3) is 0 Å². The molecule has 6 nitrogen and oxygen atoms in total. The number of anilines is 1. The molecule has 3 rings (SSSR count). The van der Waals surface area contributed by atoms with Gasteiger partial charge in [-0.3, -0.25) is 9.69 Å². The van der Waals surface area contributed by atoms with E-state index < -0.39 is 5.60 Å². The fraction of sp³-hybridized carbons (Fsp3) is 0.692. The summed E-state index contributed by atoms with van der Waals surface area (Å²) in [6.07, 6.45) is 1.88. The first-order valence-corrected chi connectivity index (χ1v) is 12.1. The SMILES string of the molecule is CCC(C)Cc1cc(N2CCN(CC3CN(C(=O)OC(C)(C)C)C3)CC2)ccc1C(C)=O. The normalized spacial score (nSPS) is 18.9. The maximum absolute atomic E-state index is 12.1. The second kappa shape index (κ2) is 10.2. The van der Waals surface area contributed by atoms with Crippen molar-refractivity contribution in [3.8, 4) is 0 Å². The minimum Gasteiger partial charge on any atom is -0.444 e. The molecule has 1 unspecified atom stereocenters. The fourth-order valence-electron chi connectivity index (χ4n) is 4.52. The van der Waals surface area contributed by atoms with E-state index in [1.54, 1.807) is 6.92 Å². The molecule has 0 saturated carbocycles. The van der Waals surface area contributed by atoms with Gasteiger partial charge >= 0.3 is 6.09 Å². The number of benzene rings is 1. The van der Waals surface area contributed by atoms with Gasteiger partial charge in [-0.05, 0) is 63.8 Å². The molecule has 1 aromatic rings. The summed E-state index contributed by atoms with van der Waals surface area (Å²) in [5.74, 6) is 1.26. The summed E-state index contributed by atoms with van der Waals surface area (Å²) >= 11 is 0. The number of hydrogen-bond donors (Lipinski definition) is 0. The minimum atomic E-state index is -0.435. The Bertz CT molecular complexity index is 803. The highest BCUT2D eigenvalue weighted by Gasteiger charge is 2.35. The van der Waals surface area contributed by atoms with Crippen molar-refractivity contribution in [3.63, 3.8) is 0 Å². The Balaban J connectivity index is 1.49. The van der Waals surface area contributed by atoms with Gasteiger partial charge in [-0.25, -0.2) is 4.79 Å². The molecule has 2 saturated heterocycles. The molecule has 2 aliphatic heterocycles. The zero-order valence-electron chi connectivity index (χ0n) is 20.8. The molecule has 0 N–H and O–H groups in total. The third-order valence-corrected chi connectivity index (χ3v) is 6.60. The van der Waals surface area contributed by atoms with E-state index in [-0.39, 0.29) is 11.9 Å². The Hall–Kier alpha value is -2.08. The highest BCUT2D eigenvalue weighted by molar-refractivity contribution is 5.96. The van der Waals surface area contributed by atoms with Gasteiger partial charge in [0.1, 0.15) is 5.60 Å². The number of ether oxygens (including phenoxy) is 1. The molecule has 0 aromatic heterocycles. The largest absolute Gasteiger partial charge is 0.444 e. The molecule has 2 fully saturated rings. The molecule has 1 amide bonds. The van der Waals surface area contributed by atoms with Gasteiger partial charge in [0, 0.05) is 63.0 Å². The molecule has 0 radical (unpaired) electrons. The summed E-state index contributed by atoms with van der Waals surface area (Å²) in [5.41, 5.74) is 2.85. The molecular formula is C26H41N3O3. The highest BCUT2D eigenvalue weighted by atomic mass is 16.6. The third-order valence-electron chi connectivity index (χ3n) is 6.60. The molecule has 0 aliphatic carbocycles. The lowest BCUT2D eigenvalue weighted by Crippen LogP contribution is -2.57. The van der Waals surface area contributed by atoms with Gasteiger partial charge in [0.05, 0.1) is 0 Å². The quantitative estimate of drug-likeness (QED) is 0.582. The van der Waals surface area contributed by atoms with E-state index in [2.05, 4.69) is 35.8 Å². The Morgan fingerprint density at radius 1 is 1.12 bits per heavy atom. The standard InChI is InChI=1S/C26H41N3O3/c1-7-19(2)14-22-15-23(8-9-24(22)20(3)30)28-12-10-27(11-13-28)16-21-17-29(18-21)25(31)32-26(4,5)6/h8-9,15,19,21H,7,10-14,16-18H2,1-6H3. The Kier molecular flexibility index (Phi) is 7.86. The molecule has 1 aromatic carbocycles. The van der Waals surface area contributed by atoms with Crippen molar-refractivity contribution >= 4 is 17.6 Å². The van der Waals surface area contributed by atoms with Crippen LogP contribution >= 0.6 is 0 Å². The number of carbonyl (C=O) groups is 2. The maximum Gasteiger partial charge on any atom is 0.410 e. The van der Waals surface area contributed by atoms with Crippen molar-refractivity contribution in [3.05, 3.63) is 29.3 Å². The van der Waals surface area contributed by atoms with E-state index in [1.165, 1.54) is 11.3 Å². The number of hydrogen-bond acceptors (Lipinski definition) is 5. The van der Waals surface area contributed by atoms with Crippen molar-refractivity contribution in [1.29, 1.82) is 0 Å². The third kappa shape index (κ3) is 6.47. The van der Waals surface area contributed by atoms with Gasteiger partial charge in [-0.15, -0.1) is 0 Å². The lowest BCUT2D eigenvalue weighted by atomic mass is 9.93. The molecule has 0 bridgehead atoms. The maximum atomic E-state index is 12.1. The first-order valence-electron chi connectivity index (χ1n) is 12.1. The molecule has 32 heavy (non-hydrogen) atoms. The first-order chi connectivity index (χ1) is 15.1. The van der Waals surface area contributed by atoms with Gasteiger partial charge in [0.2, 0.25) is 0 Å². The molecule has 2 aliphatic rings. The number of piperazine rings is 1. The number of ketones is 1. The topological polar surface area (TPSA) is 53.1 Å². The number of carbonyl (C=O) groups excluding carboxylic acids is 2. The summed E-state index contributed by atoms with van der Waals surface area (Å²) in [6.45, 7) is 18.5. The van der Waals surface area contributed by atoms with Crippen LogP contribution in [0.5, 0.6) is 0 Å². The van der Waals surface area contributed by atoms with Crippen molar-refractivity contribution in [1.82, 2.24) is 9.80 Å². The van der Waals surface area contributed by atoms with E-state index in [0.29, 0.717) is 11.8 Å². The number of Topliss-reactive ketones (excluding diaryl/α,β-unsaturated/α-hetero) is 1. The van der Waals surface area contributed by atoms with Crippen LogP contribution in [-0.4, -0.2) is 73.1 Å². The van der Waals surface area contributed by atoms with Crippen molar-refractivity contribution in [2.24, 2.45) is 11.8 Å². The van der Waals surface area contributed by atoms with E-state index in [9.17, 15) is 9.59 Å². The summed E-state index contributed by atoms with van der Waals surface area (Å²) in [7, 11) is 0. The van der Waals surface area contributed by atoms with Crippen LogP contribution in [0.1, 0.15) is 63.9 Å². The van der Waals surface area contributed by atoms with Crippen LogP contribution < -0.4 is 4.90 Å². The van der Waals surface area contributed by atoms with Gasteiger partial charge in [0.25, 0.3) is 0 Å². The van der Waals surface area contributed by atoms with Crippen molar-refractivity contribution in [2.75, 3.05) is 50.7 Å². The monoisotopic (exact) mass is 443 g/mol. The number of amides is 1. The molecule has 178 valence electrons. The summed E-state index contributed by atoms with van der Waals surface area (Å²) in [5, 5.41) is 0. The van der Waals surface area contributed by atoms with Gasteiger partial charge in [-0.2, -0.15) is 0 Å². The first kappa shape index (κ1) is 24.6. The predicted molar refractivity (Wildman–Crippen MR) is 130 cm³/mol. The van der Waals surface area contributed by atoms with E-state index in [0.717, 1.165) is 64.2 Å². The van der Waals surface area contributed by atoms with Crippen LogP contribution in [0.15, 0.2) is 18.2 Å². The average Bonchev–Trinajstić information content (AvgIpc) is 2.69. The second-order valence-electron chi connectivity index (χ2n) is 10.7. The summed E-state index contributed by atoms with van der Waals surface area (Å²) < 4.78 is 5.45. The fourth-order valence-corrected chi connectivity index (χ4v) is 4.52. The smallest absolute Gasteiger partial charge is 0.410 e. The van der Waals surface area contributed by atoms with Crippen LogP contribution in [0, 0.1) is 11.8 Å². The van der Waals surface area contributed by atoms with Crippen molar-refractivity contribution in [2.45, 2.75) is 60.0 Å².